The van der Waals surface area contributed by atoms with E-state index in [1.807, 2.05) is 0 Å². The van der Waals surface area contributed by atoms with Gasteiger partial charge in [-0.3, -0.25) is 14.3 Å². The van der Waals surface area contributed by atoms with Crippen LogP contribution in [0.5, 0.6) is 0 Å². The number of aliphatic imine (C=N–C) groups is 1. The summed E-state index contributed by atoms with van der Waals surface area (Å²) in [6, 6.07) is 0. The highest BCUT2D eigenvalue weighted by Gasteiger charge is 2.23. The van der Waals surface area contributed by atoms with Gasteiger partial charge in [-0.25, -0.2) is 9.67 Å². The Balaban J connectivity index is 2.05. The molecule has 0 saturated carbocycles. The van der Waals surface area contributed by atoms with Crippen LogP contribution >= 0.6 is 0 Å². The second-order valence-electron chi connectivity index (χ2n) is 5.54. The molecule has 122 valence electrons. The molecule has 0 amide bonds. The van der Waals surface area contributed by atoms with Crippen molar-refractivity contribution in [1.29, 1.82) is 0 Å². The van der Waals surface area contributed by atoms with Crippen molar-refractivity contribution in [2.45, 2.75) is 26.4 Å². The first kappa shape index (κ1) is 15.3. The van der Waals surface area contributed by atoms with E-state index in [-0.39, 0.29) is 30.2 Å². The van der Waals surface area contributed by atoms with E-state index >= 15 is 0 Å². The maximum absolute atomic E-state index is 12.4. The molecular weight excluding hydrogens is 298 g/mol. The smallest absolute Gasteiger partial charge is 0.294 e. The molecule has 23 heavy (non-hydrogen) atoms. The molecule has 1 aromatic rings. The number of nitrogens with one attached hydrogen (secondary N) is 1. The molecule has 0 bridgehead atoms. The molecule has 8 heteroatoms. The van der Waals surface area contributed by atoms with E-state index in [1.54, 1.807) is 22.4 Å². The van der Waals surface area contributed by atoms with E-state index < -0.39 is 0 Å². The molecule has 1 aromatic heterocycles. The Bertz CT molecular complexity index is 810. The van der Waals surface area contributed by atoms with Crippen LogP contribution in [-0.4, -0.2) is 39.1 Å². The fourth-order valence-electron chi connectivity index (χ4n) is 2.75. The summed E-state index contributed by atoms with van der Waals surface area (Å²) in [5, 5.41) is 11.9. The van der Waals surface area contributed by atoms with Crippen LogP contribution in [0.4, 0.5) is 11.5 Å². The first-order chi connectivity index (χ1) is 11.0. The third-order valence-corrected chi connectivity index (χ3v) is 3.94. The summed E-state index contributed by atoms with van der Waals surface area (Å²) in [4.78, 5) is 28.6. The number of rotatable bonds is 4. The van der Waals surface area contributed by atoms with E-state index in [4.69, 9.17) is 10.8 Å². The number of nitrogen functional groups attached to an aromatic ring is 1. The maximum Gasteiger partial charge on any atom is 0.294 e. The van der Waals surface area contributed by atoms with Gasteiger partial charge in [0.2, 0.25) is 0 Å². The van der Waals surface area contributed by atoms with Gasteiger partial charge in [-0.05, 0) is 25.0 Å². The van der Waals surface area contributed by atoms with Crippen molar-refractivity contribution >= 4 is 23.0 Å². The number of nitrogens with two attached hydrogens (primary N) is 1. The zero-order valence-electron chi connectivity index (χ0n) is 12.9. The zero-order chi connectivity index (χ0) is 16.6. The Morgan fingerprint density at radius 1 is 1.30 bits per heavy atom. The van der Waals surface area contributed by atoms with Crippen LogP contribution in [0.2, 0.25) is 0 Å². The molecule has 0 radical (unpaired) electrons. The lowest BCUT2D eigenvalue weighted by atomic mass is 10.0. The quantitative estimate of drug-likeness (QED) is 0.660. The highest BCUT2D eigenvalue weighted by atomic mass is 16.3. The van der Waals surface area contributed by atoms with Crippen molar-refractivity contribution in [2.24, 2.45) is 4.99 Å². The van der Waals surface area contributed by atoms with Crippen molar-refractivity contribution < 1.29 is 9.90 Å². The van der Waals surface area contributed by atoms with Gasteiger partial charge >= 0.3 is 0 Å². The number of fused-ring (bicyclic) bond motifs is 1. The molecule has 1 aliphatic carbocycles. The highest BCUT2D eigenvalue weighted by molar-refractivity contribution is 6.22. The Kier molecular flexibility index (Phi) is 3.91. The fourth-order valence-corrected chi connectivity index (χ4v) is 2.75. The number of ketones is 1. The zero-order valence-corrected chi connectivity index (χ0v) is 12.9. The van der Waals surface area contributed by atoms with Crippen LogP contribution < -0.4 is 16.6 Å². The Hall–Kier alpha value is -2.61. The lowest BCUT2D eigenvalue weighted by Gasteiger charge is -2.14. The summed E-state index contributed by atoms with van der Waals surface area (Å²) in [5.41, 5.74) is 7.48. The molecule has 0 saturated heterocycles. The summed E-state index contributed by atoms with van der Waals surface area (Å²) in [6.45, 7) is 3.23. The van der Waals surface area contributed by atoms with Gasteiger partial charge in [-0.1, -0.05) is 0 Å². The number of anilines is 1. The van der Waals surface area contributed by atoms with E-state index in [2.05, 4.69) is 10.3 Å². The molecule has 0 fully saturated rings. The maximum atomic E-state index is 12.4. The molecular formula is C15H19N5O3. The van der Waals surface area contributed by atoms with Gasteiger partial charge in [0.25, 0.3) is 5.56 Å². The Morgan fingerprint density at radius 3 is 2.74 bits per heavy atom. The highest BCUT2D eigenvalue weighted by Crippen LogP contribution is 2.24. The first-order valence-corrected chi connectivity index (χ1v) is 7.50. The normalized spacial score (nSPS) is 18.9. The molecule has 0 atom stereocenters. The van der Waals surface area contributed by atoms with E-state index in [0.29, 0.717) is 35.9 Å². The minimum Gasteiger partial charge on any atom is -0.395 e. The lowest BCUT2D eigenvalue weighted by Crippen LogP contribution is -2.26. The third kappa shape index (κ3) is 2.61. The number of aliphatic hydroxyl groups is 1. The largest absolute Gasteiger partial charge is 0.395 e. The number of aliphatic hydroxyl groups excluding tert-OH is 1. The van der Waals surface area contributed by atoms with Crippen molar-refractivity contribution in [3.63, 3.8) is 0 Å². The molecule has 4 N–H and O–H groups in total. The van der Waals surface area contributed by atoms with Gasteiger partial charge < -0.3 is 16.2 Å². The molecule has 2 heterocycles. The standard InChI is InChI=1S/C15H19N5O3/c1-9-7-11(10(8-12(9)22)17-3-6-21)18-13-14(16)19-4-2-5-20(19)15(13)23/h7-8,17,21H,2-6,16H2,1H3/b18-11+. The fraction of sp³-hybridized carbons (Fsp3) is 0.400. The summed E-state index contributed by atoms with van der Waals surface area (Å²) >= 11 is 0. The van der Waals surface area contributed by atoms with Gasteiger partial charge in [0.05, 0.1) is 18.0 Å². The lowest BCUT2D eigenvalue weighted by molar-refractivity contribution is -0.111. The predicted octanol–water partition coefficient (Wildman–Crippen LogP) is -0.297. The van der Waals surface area contributed by atoms with Gasteiger partial charge in [0.15, 0.2) is 17.3 Å². The van der Waals surface area contributed by atoms with E-state index in [1.165, 1.54) is 6.08 Å². The topological polar surface area (TPSA) is 115 Å². The molecule has 3 rings (SSSR count). The molecule has 0 aromatic carbocycles. The van der Waals surface area contributed by atoms with Crippen LogP contribution in [-0.2, 0) is 17.9 Å². The summed E-state index contributed by atoms with van der Waals surface area (Å²) in [5.74, 6) is 0.206. The van der Waals surface area contributed by atoms with E-state index in [0.717, 1.165) is 6.42 Å². The minimum atomic E-state index is -0.225. The number of carbonyl (C=O) groups excluding carboxylic acids is 1. The monoisotopic (exact) mass is 317 g/mol. The second kappa shape index (κ2) is 5.88. The molecule has 0 spiro atoms. The van der Waals surface area contributed by atoms with Crippen molar-refractivity contribution in [1.82, 2.24) is 14.7 Å². The average molecular weight is 317 g/mol. The third-order valence-electron chi connectivity index (χ3n) is 3.94. The van der Waals surface area contributed by atoms with Crippen LogP contribution in [0.15, 0.2) is 33.2 Å². The van der Waals surface area contributed by atoms with Crippen molar-refractivity contribution in [3.8, 4) is 0 Å². The number of aromatic nitrogens is 2. The number of nitrogens with zero attached hydrogens (tertiary/aromatic N) is 3. The summed E-state index contributed by atoms with van der Waals surface area (Å²) in [7, 11) is 0. The van der Waals surface area contributed by atoms with Crippen LogP contribution in [0.25, 0.3) is 0 Å². The number of hydrogen-bond donors (Lipinski definition) is 3. The number of carbonyl (C=O) groups is 1. The SMILES string of the molecule is CC1=C/C(=N\c2c(N)n3n(c2=O)CCC3)C(NCCO)=CC1=O. The van der Waals surface area contributed by atoms with E-state index in [9.17, 15) is 9.59 Å². The van der Waals surface area contributed by atoms with Gasteiger partial charge in [0.1, 0.15) is 0 Å². The van der Waals surface area contributed by atoms with Gasteiger partial charge in [-0.2, -0.15) is 0 Å². The Morgan fingerprint density at radius 2 is 2.04 bits per heavy atom. The average Bonchev–Trinajstić information content (AvgIpc) is 3.09. The number of hydrogen-bond acceptors (Lipinski definition) is 6. The van der Waals surface area contributed by atoms with Crippen molar-refractivity contribution in [2.75, 3.05) is 18.9 Å². The first-order valence-electron chi connectivity index (χ1n) is 7.50. The van der Waals surface area contributed by atoms with Gasteiger partial charge in [0, 0.05) is 25.7 Å². The van der Waals surface area contributed by atoms with Crippen LogP contribution in [0, 0.1) is 0 Å². The van der Waals surface area contributed by atoms with Crippen molar-refractivity contribution in [3.05, 3.63) is 33.8 Å². The predicted molar refractivity (Wildman–Crippen MR) is 86.8 cm³/mol. The molecule has 1 aliphatic heterocycles. The minimum absolute atomic E-state index is 0.0766. The Labute approximate surface area is 132 Å². The summed E-state index contributed by atoms with van der Waals surface area (Å²) in [6.07, 6.45) is 3.92. The van der Waals surface area contributed by atoms with Crippen LogP contribution in [0.3, 0.4) is 0 Å². The molecule has 0 unspecified atom stereocenters. The summed E-state index contributed by atoms with van der Waals surface area (Å²) < 4.78 is 3.32. The van der Waals surface area contributed by atoms with Crippen LogP contribution in [0.1, 0.15) is 13.3 Å². The number of allylic oxidation sites excluding steroid dienone is 3. The van der Waals surface area contributed by atoms with Gasteiger partial charge in [-0.15, -0.1) is 0 Å². The molecule has 8 nitrogen and oxygen atoms in total. The molecule has 2 aliphatic rings. The second-order valence-corrected chi connectivity index (χ2v) is 5.54.